The van der Waals surface area contributed by atoms with Crippen LogP contribution in [0.5, 0.6) is 5.75 Å². The van der Waals surface area contributed by atoms with Gasteiger partial charge in [0.05, 0.1) is 10.6 Å². The second-order valence-electron chi connectivity index (χ2n) is 7.77. The van der Waals surface area contributed by atoms with Crippen molar-refractivity contribution in [2.75, 3.05) is 0 Å². The number of carbonyl (C=O) groups excluding carboxylic acids is 1. The van der Waals surface area contributed by atoms with Crippen molar-refractivity contribution >= 4 is 29.2 Å². The molecule has 0 spiro atoms. The van der Waals surface area contributed by atoms with Gasteiger partial charge in [-0.05, 0) is 56.2 Å². The lowest BCUT2D eigenvalue weighted by atomic mass is 9.61. The lowest BCUT2D eigenvalue weighted by Gasteiger charge is -2.50. The summed E-state index contributed by atoms with van der Waals surface area (Å²) in [4.78, 5) is 12.4. The molecular weight excluding hydrogens is 363 g/mol. The Morgan fingerprint density at radius 1 is 1.32 bits per heavy atom. The number of hydrogen-bond donors (Lipinski definition) is 1. The molecule has 1 aromatic carbocycles. The van der Waals surface area contributed by atoms with Crippen LogP contribution >= 0.6 is 23.2 Å². The van der Waals surface area contributed by atoms with Crippen molar-refractivity contribution in [2.24, 2.45) is 11.3 Å². The lowest BCUT2D eigenvalue weighted by Crippen LogP contribution is -2.54. The Balaban J connectivity index is 1.99. The van der Waals surface area contributed by atoms with Gasteiger partial charge in [0.25, 0.3) is 0 Å². The molecule has 0 aliphatic heterocycles. The Bertz CT molecular complexity index is 642. The predicted molar refractivity (Wildman–Crippen MR) is 99.2 cm³/mol. The van der Waals surface area contributed by atoms with Crippen LogP contribution in [0, 0.1) is 11.3 Å². The predicted octanol–water partition coefficient (Wildman–Crippen LogP) is 4.88. The topological polar surface area (TPSA) is 55.8 Å². The molecule has 1 aromatic rings. The standard InChI is InChI=1S/C19H26Cl2O4/c1-11-8-14(10-18(3,4)19(11,5)23)25-17(22)12(2)24-16-7-6-13(20)9-15(16)21/h6-7,9,11-12,14,23H,8,10H2,1-5H3/t11-,12+,14-,19+/m0/s1. The van der Waals surface area contributed by atoms with E-state index in [1.54, 1.807) is 25.1 Å². The van der Waals surface area contributed by atoms with Crippen LogP contribution in [0.3, 0.4) is 0 Å². The van der Waals surface area contributed by atoms with Crippen LogP contribution in [-0.2, 0) is 9.53 Å². The van der Waals surface area contributed by atoms with Crippen molar-refractivity contribution in [3.8, 4) is 5.75 Å². The van der Waals surface area contributed by atoms with E-state index < -0.39 is 17.7 Å². The Morgan fingerprint density at radius 3 is 2.52 bits per heavy atom. The fraction of sp³-hybridized carbons (Fsp3) is 0.632. The number of halogens is 2. The van der Waals surface area contributed by atoms with Crippen molar-refractivity contribution in [1.29, 1.82) is 0 Å². The first-order valence-corrected chi connectivity index (χ1v) is 9.24. The van der Waals surface area contributed by atoms with Crippen molar-refractivity contribution in [3.63, 3.8) is 0 Å². The van der Waals surface area contributed by atoms with Crippen LogP contribution in [-0.4, -0.2) is 28.9 Å². The summed E-state index contributed by atoms with van der Waals surface area (Å²) in [6, 6.07) is 4.83. The Morgan fingerprint density at radius 2 is 1.96 bits per heavy atom. The molecule has 4 nitrogen and oxygen atoms in total. The molecule has 1 aliphatic carbocycles. The molecular formula is C19H26Cl2O4. The Kier molecular flexibility index (Phi) is 5.97. The van der Waals surface area contributed by atoms with Gasteiger partial charge in [0.2, 0.25) is 0 Å². The molecule has 0 saturated heterocycles. The van der Waals surface area contributed by atoms with Crippen LogP contribution in [0.2, 0.25) is 10.0 Å². The van der Waals surface area contributed by atoms with Gasteiger partial charge in [-0.2, -0.15) is 0 Å². The fourth-order valence-corrected chi connectivity index (χ4v) is 3.76. The highest BCUT2D eigenvalue weighted by atomic mass is 35.5. The number of hydrogen-bond acceptors (Lipinski definition) is 4. The molecule has 0 bridgehead atoms. The second-order valence-corrected chi connectivity index (χ2v) is 8.61. The van der Waals surface area contributed by atoms with Gasteiger partial charge in [-0.25, -0.2) is 4.79 Å². The second kappa shape index (κ2) is 7.34. The summed E-state index contributed by atoms with van der Waals surface area (Å²) in [7, 11) is 0. The SMILES string of the molecule is C[C@@H](Oc1ccc(Cl)cc1Cl)C(=O)O[C@H]1C[C@H](C)[C@@](C)(O)C(C)(C)C1. The molecule has 0 unspecified atom stereocenters. The molecule has 0 radical (unpaired) electrons. The van der Waals surface area contributed by atoms with Crippen LogP contribution in [0.25, 0.3) is 0 Å². The van der Waals surface area contributed by atoms with Crippen LogP contribution in [0.1, 0.15) is 47.5 Å². The lowest BCUT2D eigenvalue weighted by molar-refractivity contribution is -0.180. The van der Waals surface area contributed by atoms with E-state index in [1.807, 2.05) is 27.7 Å². The van der Waals surface area contributed by atoms with Gasteiger partial charge >= 0.3 is 5.97 Å². The van der Waals surface area contributed by atoms with Gasteiger partial charge in [-0.3, -0.25) is 0 Å². The maximum atomic E-state index is 12.4. The van der Waals surface area contributed by atoms with E-state index >= 15 is 0 Å². The number of aliphatic hydroxyl groups is 1. The summed E-state index contributed by atoms with van der Waals surface area (Å²) < 4.78 is 11.3. The van der Waals surface area contributed by atoms with Crippen molar-refractivity contribution < 1.29 is 19.4 Å². The van der Waals surface area contributed by atoms with Crippen LogP contribution in [0.15, 0.2) is 18.2 Å². The highest BCUT2D eigenvalue weighted by Gasteiger charge is 2.50. The number of esters is 1. The molecule has 0 heterocycles. The molecule has 4 atom stereocenters. The largest absolute Gasteiger partial charge is 0.477 e. The quantitative estimate of drug-likeness (QED) is 0.746. The first kappa shape index (κ1) is 20.3. The summed E-state index contributed by atoms with van der Waals surface area (Å²) in [5, 5.41) is 11.5. The molecule has 1 fully saturated rings. The van der Waals surface area contributed by atoms with E-state index in [4.69, 9.17) is 32.7 Å². The van der Waals surface area contributed by atoms with Crippen molar-refractivity contribution in [3.05, 3.63) is 28.2 Å². The van der Waals surface area contributed by atoms with E-state index in [0.717, 1.165) is 0 Å². The molecule has 140 valence electrons. The van der Waals surface area contributed by atoms with E-state index in [-0.39, 0.29) is 17.4 Å². The molecule has 0 amide bonds. The van der Waals surface area contributed by atoms with Gasteiger partial charge in [0, 0.05) is 5.02 Å². The third-order valence-electron chi connectivity index (χ3n) is 5.50. The monoisotopic (exact) mass is 388 g/mol. The smallest absolute Gasteiger partial charge is 0.347 e. The average Bonchev–Trinajstić information content (AvgIpc) is 2.47. The van der Waals surface area contributed by atoms with E-state index in [0.29, 0.717) is 28.6 Å². The van der Waals surface area contributed by atoms with Gasteiger partial charge in [-0.1, -0.05) is 44.0 Å². The summed E-state index contributed by atoms with van der Waals surface area (Å²) in [5.74, 6) is -0.0349. The third-order valence-corrected chi connectivity index (χ3v) is 6.03. The van der Waals surface area contributed by atoms with Crippen molar-refractivity contribution in [2.45, 2.75) is 65.3 Å². The minimum atomic E-state index is -0.797. The van der Waals surface area contributed by atoms with E-state index in [9.17, 15) is 9.90 Å². The number of ether oxygens (including phenoxy) is 2. The zero-order valence-corrected chi connectivity index (χ0v) is 16.8. The summed E-state index contributed by atoms with van der Waals surface area (Å²) in [6.07, 6.45) is 0.185. The first-order chi connectivity index (χ1) is 11.4. The van der Waals surface area contributed by atoms with Gasteiger partial charge in [0.1, 0.15) is 11.9 Å². The number of rotatable bonds is 4. The summed E-state index contributed by atoms with van der Waals surface area (Å²) in [6.45, 7) is 9.45. The van der Waals surface area contributed by atoms with Crippen LogP contribution in [0.4, 0.5) is 0 Å². The zero-order chi connectivity index (χ0) is 19.0. The molecule has 25 heavy (non-hydrogen) atoms. The van der Waals surface area contributed by atoms with Gasteiger partial charge in [-0.15, -0.1) is 0 Å². The molecule has 0 aromatic heterocycles. The van der Waals surface area contributed by atoms with E-state index in [1.165, 1.54) is 0 Å². The van der Waals surface area contributed by atoms with E-state index in [2.05, 4.69) is 0 Å². The Hall–Kier alpha value is -0.970. The maximum Gasteiger partial charge on any atom is 0.347 e. The normalized spacial score (nSPS) is 29.8. The summed E-state index contributed by atoms with van der Waals surface area (Å²) >= 11 is 11.9. The number of benzene rings is 1. The highest BCUT2D eigenvalue weighted by Crippen LogP contribution is 2.47. The zero-order valence-electron chi connectivity index (χ0n) is 15.3. The maximum absolute atomic E-state index is 12.4. The molecule has 2 rings (SSSR count). The summed E-state index contributed by atoms with van der Waals surface area (Å²) in [5.41, 5.74) is -1.14. The molecule has 1 saturated carbocycles. The van der Waals surface area contributed by atoms with Crippen LogP contribution < -0.4 is 4.74 Å². The minimum Gasteiger partial charge on any atom is -0.477 e. The van der Waals surface area contributed by atoms with Gasteiger partial charge < -0.3 is 14.6 Å². The van der Waals surface area contributed by atoms with Gasteiger partial charge in [0.15, 0.2) is 6.10 Å². The fourth-order valence-electron chi connectivity index (χ4n) is 3.31. The number of carbonyl (C=O) groups is 1. The molecule has 6 heteroatoms. The highest BCUT2D eigenvalue weighted by molar-refractivity contribution is 6.35. The minimum absolute atomic E-state index is 0.0241. The first-order valence-electron chi connectivity index (χ1n) is 8.48. The Labute approximate surface area is 159 Å². The average molecular weight is 389 g/mol. The molecule has 1 N–H and O–H groups in total. The molecule has 1 aliphatic rings. The third kappa shape index (κ3) is 4.42. The van der Waals surface area contributed by atoms with Crippen molar-refractivity contribution in [1.82, 2.24) is 0 Å².